The molecule has 0 aromatic heterocycles. The van der Waals surface area contributed by atoms with Crippen LogP contribution in [0.5, 0.6) is 5.75 Å². The Bertz CT molecular complexity index is 860. The Morgan fingerprint density at radius 1 is 1.12 bits per heavy atom. The third-order valence-corrected chi connectivity index (χ3v) is 5.74. The molecule has 0 spiro atoms. The smallest absolute Gasteiger partial charge is 0.191 e. The van der Waals surface area contributed by atoms with Crippen LogP contribution in [0.4, 0.5) is 4.39 Å². The van der Waals surface area contributed by atoms with Gasteiger partial charge in [0.25, 0.3) is 0 Å². The highest BCUT2D eigenvalue weighted by Gasteiger charge is 2.23. The summed E-state index contributed by atoms with van der Waals surface area (Å²) >= 11 is 0. The number of methoxy groups -OCH3 is 1. The number of hydrogen-bond donors (Lipinski definition) is 2. The van der Waals surface area contributed by atoms with Gasteiger partial charge in [0, 0.05) is 38.6 Å². The molecule has 0 aliphatic carbocycles. The molecular weight excluding hydrogens is 534 g/mol. The number of nitrogens with zero attached hydrogens (tertiary/aromatic N) is 2. The molecule has 6 nitrogen and oxygen atoms in total. The van der Waals surface area contributed by atoms with Gasteiger partial charge in [0.2, 0.25) is 0 Å². The van der Waals surface area contributed by atoms with E-state index in [1.807, 2.05) is 30.3 Å². The van der Waals surface area contributed by atoms with Crippen LogP contribution in [0.25, 0.3) is 0 Å². The molecule has 0 amide bonds. The van der Waals surface area contributed by atoms with Crippen LogP contribution in [0.15, 0.2) is 53.5 Å². The van der Waals surface area contributed by atoms with Crippen LogP contribution in [0.1, 0.15) is 36.9 Å². The topological polar surface area (TPSA) is 58.1 Å². The summed E-state index contributed by atoms with van der Waals surface area (Å²) in [5.74, 6) is 1.66. The van der Waals surface area contributed by atoms with Crippen LogP contribution in [0.3, 0.4) is 0 Å². The Balaban J connectivity index is 0.00000385. The Morgan fingerprint density at radius 2 is 1.82 bits per heavy atom. The normalized spacial score (nSPS) is 16.4. The molecule has 1 saturated heterocycles. The molecule has 0 saturated carbocycles. The van der Waals surface area contributed by atoms with Gasteiger partial charge in [0.1, 0.15) is 11.6 Å². The Morgan fingerprint density at radius 3 is 2.48 bits per heavy atom. The molecule has 2 aromatic carbocycles. The number of aliphatic imine (C=N–C) groups is 1. The molecule has 1 heterocycles. The molecule has 0 radical (unpaired) electrons. The first-order chi connectivity index (χ1) is 15.6. The van der Waals surface area contributed by atoms with E-state index in [0.29, 0.717) is 26.3 Å². The maximum atomic E-state index is 13.5. The first kappa shape index (κ1) is 27.3. The van der Waals surface area contributed by atoms with E-state index >= 15 is 0 Å². The first-order valence-electron chi connectivity index (χ1n) is 11.3. The van der Waals surface area contributed by atoms with E-state index in [-0.39, 0.29) is 41.8 Å². The zero-order valence-corrected chi connectivity index (χ0v) is 22.1. The van der Waals surface area contributed by atoms with Gasteiger partial charge < -0.3 is 20.1 Å². The third kappa shape index (κ3) is 8.12. The maximum Gasteiger partial charge on any atom is 0.191 e. The maximum absolute atomic E-state index is 13.5. The molecule has 182 valence electrons. The van der Waals surface area contributed by atoms with Crippen LogP contribution < -0.4 is 15.4 Å². The highest BCUT2D eigenvalue weighted by Crippen LogP contribution is 2.26. The lowest BCUT2D eigenvalue weighted by Crippen LogP contribution is -2.46. The molecule has 2 atom stereocenters. The van der Waals surface area contributed by atoms with Gasteiger partial charge in [-0.2, -0.15) is 0 Å². The SMILES string of the molecule is CCNC(=NCC(C)c1ccccc1OC)NCC(c1ccc(F)cc1)N1CCOCC1.I. The van der Waals surface area contributed by atoms with Crippen molar-refractivity contribution >= 4 is 29.9 Å². The van der Waals surface area contributed by atoms with E-state index in [9.17, 15) is 4.39 Å². The summed E-state index contributed by atoms with van der Waals surface area (Å²) in [6.45, 7) is 9.40. The molecule has 2 unspecified atom stereocenters. The Kier molecular flexibility index (Phi) is 11.9. The molecule has 3 rings (SSSR count). The summed E-state index contributed by atoms with van der Waals surface area (Å²) in [6, 6.07) is 15.0. The number of halogens is 2. The number of para-hydroxylation sites is 1. The number of rotatable bonds is 9. The van der Waals surface area contributed by atoms with Gasteiger partial charge in [-0.15, -0.1) is 24.0 Å². The van der Waals surface area contributed by atoms with E-state index in [0.717, 1.165) is 42.5 Å². The zero-order valence-electron chi connectivity index (χ0n) is 19.7. The second kappa shape index (κ2) is 14.4. The quantitative estimate of drug-likeness (QED) is 0.269. The standard InChI is InChI=1S/C25H35FN4O2.HI/c1-4-27-25(28-17-19(2)22-7-5-6-8-24(22)31-3)29-18-23(30-13-15-32-16-14-30)20-9-11-21(26)12-10-20;/h5-12,19,23H,4,13-18H2,1-3H3,(H2,27,28,29);1H. The number of nitrogens with one attached hydrogen (secondary N) is 2. The highest BCUT2D eigenvalue weighted by molar-refractivity contribution is 14.0. The van der Waals surface area contributed by atoms with E-state index < -0.39 is 0 Å². The van der Waals surface area contributed by atoms with Crippen molar-refractivity contribution in [2.24, 2.45) is 4.99 Å². The van der Waals surface area contributed by atoms with Crippen molar-refractivity contribution in [1.29, 1.82) is 0 Å². The summed E-state index contributed by atoms with van der Waals surface area (Å²) in [6.07, 6.45) is 0. The predicted octanol–water partition coefficient (Wildman–Crippen LogP) is 4.18. The predicted molar refractivity (Wildman–Crippen MR) is 142 cm³/mol. The largest absolute Gasteiger partial charge is 0.496 e. The van der Waals surface area contributed by atoms with Crippen molar-refractivity contribution in [2.45, 2.75) is 25.8 Å². The lowest BCUT2D eigenvalue weighted by molar-refractivity contribution is 0.0170. The summed E-state index contributed by atoms with van der Waals surface area (Å²) < 4.78 is 24.5. The minimum absolute atomic E-state index is 0. The Hall–Kier alpha value is -1.91. The van der Waals surface area contributed by atoms with Crippen LogP contribution in [-0.4, -0.2) is 63.9 Å². The average Bonchev–Trinajstić information content (AvgIpc) is 2.84. The van der Waals surface area contributed by atoms with Gasteiger partial charge in [0.05, 0.1) is 26.4 Å². The van der Waals surface area contributed by atoms with Crippen molar-refractivity contribution in [1.82, 2.24) is 15.5 Å². The molecular formula is C25H36FIN4O2. The zero-order chi connectivity index (χ0) is 22.8. The fraction of sp³-hybridized carbons (Fsp3) is 0.480. The molecule has 1 aliphatic heterocycles. The summed E-state index contributed by atoms with van der Waals surface area (Å²) in [5.41, 5.74) is 2.23. The van der Waals surface area contributed by atoms with Crippen LogP contribution in [0.2, 0.25) is 0 Å². The average molecular weight is 570 g/mol. The lowest BCUT2D eigenvalue weighted by Gasteiger charge is -2.35. The molecule has 2 N–H and O–H groups in total. The molecule has 33 heavy (non-hydrogen) atoms. The van der Waals surface area contributed by atoms with Crippen molar-refractivity contribution in [3.05, 3.63) is 65.5 Å². The van der Waals surface area contributed by atoms with Gasteiger partial charge in [0.15, 0.2) is 5.96 Å². The van der Waals surface area contributed by atoms with Crippen molar-refractivity contribution in [3.63, 3.8) is 0 Å². The van der Waals surface area contributed by atoms with Gasteiger partial charge in [-0.1, -0.05) is 37.3 Å². The van der Waals surface area contributed by atoms with E-state index in [4.69, 9.17) is 14.5 Å². The van der Waals surface area contributed by atoms with Gasteiger partial charge in [-0.05, 0) is 36.2 Å². The van der Waals surface area contributed by atoms with Gasteiger partial charge >= 0.3 is 0 Å². The molecule has 2 aromatic rings. The summed E-state index contributed by atoms with van der Waals surface area (Å²) in [7, 11) is 1.70. The van der Waals surface area contributed by atoms with Gasteiger partial charge in [-0.25, -0.2) is 4.39 Å². The summed E-state index contributed by atoms with van der Waals surface area (Å²) in [4.78, 5) is 7.21. The molecule has 0 bridgehead atoms. The minimum Gasteiger partial charge on any atom is -0.496 e. The number of hydrogen-bond acceptors (Lipinski definition) is 4. The first-order valence-corrected chi connectivity index (χ1v) is 11.3. The molecule has 1 fully saturated rings. The van der Waals surface area contributed by atoms with Gasteiger partial charge in [-0.3, -0.25) is 9.89 Å². The second-order valence-corrected chi connectivity index (χ2v) is 7.96. The third-order valence-electron chi connectivity index (χ3n) is 5.74. The number of ether oxygens (including phenoxy) is 2. The Labute approximate surface area is 214 Å². The van der Waals surface area contributed by atoms with E-state index in [1.165, 1.54) is 12.1 Å². The van der Waals surface area contributed by atoms with E-state index in [2.05, 4.69) is 35.4 Å². The molecule has 1 aliphatic rings. The lowest BCUT2D eigenvalue weighted by atomic mass is 10.0. The van der Waals surface area contributed by atoms with Crippen LogP contribution in [0, 0.1) is 5.82 Å². The minimum atomic E-state index is -0.220. The fourth-order valence-corrected chi connectivity index (χ4v) is 3.97. The highest BCUT2D eigenvalue weighted by atomic mass is 127. The monoisotopic (exact) mass is 570 g/mol. The number of benzene rings is 2. The number of morpholine rings is 1. The van der Waals surface area contributed by atoms with Crippen molar-refractivity contribution < 1.29 is 13.9 Å². The summed E-state index contributed by atoms with van der Waals surface area (Å²) in [5, 5.41) is 6.84. The number of guanidine groups is 1. The van der Waals surface area contributed by atoms with Crippen LogP contribution in [-0.2, 0) is 4.74 Å². The van der Waals surface area contributed by atoms with E-state index in [1.54, 1.807) is 7.11 Å². The second-order valence-electron chi connectivity index (χ2n) is 7.96. The van der Waals surface area contributed by atoms with Crippen molar-refractivity contribution in [3.8, 4) is 5.75 Å². The fourth-order valence-electron chi connectivity index (χ4n) is 3.97. The van der Waals surface area contributed by atoms with Crippen LogP contribution >= 0.6 is 24.0 Å². The molecule has 8 heteroatoms. The van der Waals surface area contributed by atoms with Crippen molar-refractivity contribution in [2.75, 3.05) is 53.0 Å².